The summed E-state index contributed by atoms with van der Waals surface area (Å²) in [6.45, 7) is 2.70. The molecule has 0 bridgehead atoms. The lowest BCUT2D eigenvalue weighted by Gasteiger charge is -2.14. The zero-order valence-electron chi connectivity index (χ0n) is 10.7. The van der Waals surface area contributed by atoms with Crippen molar-refractivity contribution in [2.45, 2.75) is 25.9 Å². The highest BCUT2D eigenvalue weighted by Gasteiger charge is 2.07. The monoisotopic (exact) mass is 262 g/mol. The molecule has 0 amide bonds. The average Bonchev–Trinajstić information content (AvgIpc) is 2.46. The SMILES string of the molecule is C[C@@H](NCc1ccc(C(F)F)cc1)c1ccncc1. The predicted molar refractivity (Wildman–Crippen MR) is 70.9 cm³/mol. The molecule has 0 saturated heterocycles. The summed E-state index contributed by atoms with van der Waals surface area (Å²) < 4.78 is 24.8. The first-order chi connectivity index (χ1) is 9.16. The zero-order chi connectivity index (χ0) is 13.7. The molecule has 0 spiro atoms. The molecule has 0 aliphatic carbocycles. The van der Waals surface area contributed by atoms with Gasteiger partial charge in [0, 0.05) is 30.5 Å². The molecule has 0 radical (unpaired) electrons. The maximum Gasteiger partial charge on any atom is 0.263 e. The number of pyridine rings is 1. The highest BCUT2D eigenvalue weighted by molar-refractivity contribution is 5.23. The summed E-state index contributed by atoms with van der Waals surface area (Å²) in [6.07, 6.45) is 1.10. The van der Waals surface area contributed by atoms with Crippen LogP contribution < -0.4 is 5.32 Å². The van der Waals surface area contributed by atoms with Crippen molar-refractivity contribution in [2.24, 2.45) is 0 Å². The summed E-state index contributed by atoms with van der Waals surface area (Å²) in [7, 11) is 0. The van der Waals surface area contributed by atoms with E-state index in [1.807, 2.05) is 12.1 Å². The number of nitrogens with one attached hydrogen (secondary N) is 1. The number of rotatable bonds is 5. The smallest absolute Gasteiger partial charge is 0.263 e. The van der Waals surface area contributed by atoms with Crippen molar-refractivity contribution >= 4 is 0 Å². The Labute approximate surface area is 111 Å². The Morgan fingerprint density at radius 2 is 1.63 bits per heavy atom. The summed E-state index contributed by atoms with van der Waals surface area (Å²) in [4.78, 5) is 3.97. The molecule has 0 aliphatic heterocycles. The lowest BCUT2D eigenvalue weighted by molar-refractivity contribution is 0.151. The minimum absolute atomic E-state index is 0.0610. The fraction of sp³-hybridized carbons (Fsp3) is 0.267. The van der Waals surface area contributed by atoms with Gasteiger partial charge in [-0.15, -0.1) is 0 Å². The number of benzene rings is 1. The molecule has 2 aromatic rings. The number of nitrogens with zero attached hydrogens (tertiary/aromatic N) is 1. The quantitative estimate of drug-likeness (QED) is 0.884. The van der Waals surface area contributed by atoms with Crippen LogP contribution >= 0.6 is 0 Å². The number of aromatic nitrogens is 1. The lowest BCUT2D eigenvalue weighted by Crippen LogP contribution is -2.18. The van der Waals surface area contributed by atoms with Gasteiger partial charge >= 0.3 is 0 Å². The highest BCUT2D eigenvalue weighted by Crippen LogP contribution is 2.19. The molecule has 0 aliphatic rings. The molecule has 1 aromatic heterocycles. The van der Waals surface area contributed by atoms with Crippen molar-refractivity contribution in [3.05, 3.63) is 65.5 Å². The minimum atomic E-state index is -2.40. The van der Waals surface area contributed by atoms with E-state index in [-0.39, 0.29) is 11.6 Å². The molecule has 0 saturated carbocycles. The van der Waals surface area contributed by atoms with Crippen LogP contribution in [0.3, 0.4) is 0 Å². The maximum atomic E-state index is 12.4. The van der Waals surface area contributed by atoms with Crippen molar-refractivity contribution in [3.63, 3.8) is 0 Å². The van der Waals surface area contributed by atoms with Crippen LogP contribution in [0.4, 0.5) is 8.78 Å². The van der Waals surface area contributed by atoms with Crippen LogP contribution in [0.5, 0.6) is 0 Å². The second-order valence-corrected chi connectivity index (χ2v) is 4.43. The van der Waals surface area contributed by atoms with Crippen LogP contribution in [0.2, 0.25) is 0 Å². The van der Waals surface area contributed by atoms with Gasteiger partial charge in [-0.2, -0.15) is 0 Å². The molecular weight excluding hydrogens is 246 g/mol. The highest BCUT2D eigenvalue weighted by atomic mass is 19.3. The van der Waals surface area contributed by atoms with E-state index >= 15 is 0 Å². The fourth-order valence-corrected chi connectivity index (χ4v) is 1.82. The van der Waals surface area contributed by atoms with Crippen LogP contribution in [0.15, 0.2) is 48.8 Å². The summed E-state index contributed by atoms with van der Waals surface area (Å²) in [6, 6.07) is 10.5. The van der Waals surface area contributed by atoms with Crippen molar-refractivity contribution in [1.29, 1.82) is 0 Å². The van der Waals surface area contributed by atoms with Gasteiger partial charge in [-0.25, -0.2) is 8.78 Å². The Balaban J connectivity index is 1.92. The largest absolute Gasteiger partial charge is 0.306 e. The second-order valence-electron chi connectivity index (χ2n) is 4.43. The Morgan fingerprint density at radius 1 is 1.00 bits per heavy atom. The molecule has 0 unspecified atom stereocenters. The number of halogens is 2. The van der Waals surface area contributed by atoms with Crippen molar-refractivity contribution < 1.29 is 8.78 Å². The Morgan fingerprint density at radius 3 is 2.21 bits per heavy atom. The first-order valence-electron chi connectivity index (χ1n) is 6.17. The summed E-state index contributed by atoms with van der Waals surface area (Å²) in [5, 5.41) is 3.35. The number of hydrogen-bond acceptors (Lipinski definition) is 2. The summed E-state index contributed by atoms with van der Waals surface area (Å²) >= 11 is 0. The first kappa shape index (κ1) is 13.6. The van der Waals surface area contributed by atoms with E-state index in [0.717, 1.165) is 11.1 Å². The van der Waals surface area contributed by atoms with E-state index in [9.17, 15) is 8.78 Å². The Bertz CT molecular complexity index is 497. The topological polar surface area (TPSA) is 24.9 Å². The molecule has 2 nitrogen and oxygen atoms in total. The van der Waals surface area contributed by atoms with E-state index < -0.39 is 6.43 Å². The van der Waals surface area contributed by atoms with Crippen molar-refractivity contribution in [3.8, 4) is 0 Å². The molecular formula is C15H16F2N2. The van der Waals surface area contributed by atoms with Gasteiger partial charge in [0.2, 0.25) is 0 Å². The zero-order valence-corrected chi connectivity index (χ0v) is 10.7. The fourth-order valence-electron chi connectivity index (χ4n) is 1.82. The normalized spacial score (nSPS) is 12.6. The van der Waals surface area contributed by atoms with Gasteiger partial charge in [-0.05, 0) is 30.2 Å². The molecule has 1 heterocycles. The van der Waals surface area contributed by atoms with Crippen LogP contribution in [-0.2, 0) is 6.54 Å². The lowest BCUT2D eigenvalue weighted by atomic mass is 10.1. The van der Waals surface area contributed by atoms with Gasteiger partial charge in [0.25, 0.3) is 6.43 Å². The van der Waals surface area contributed by atoms with Gasteiger partial charge in [0.1, 0.15) is 0 Å². The Kier molecular flexibility index (Phi) is 4.58. The molecule has 19 heavy (non-hydrogen) atoms. The molecule has 1 aromatic carbocycles. The molecule has 4 heteroatoms. The summed E-state index contributed by atoms with van der Waals surface area (Å²) in [5.74, 6) is 0. The van der Waals surface area contributed by atoms with Crippen LogP contribution in [0.1, 0.15) is 36.1 Å². The third-order valence-electron chi connectivity index (χ3n) is 3.05. The Hall–Kier alpha value is -1.81. The molecule has 1 N–H and O–H groups in total. The third kappa shape index (κ3) is 3.83. The van der Waals surface area contributed by atoms with E-state index in [1.165, 1.54) is 12.1 Å². The van der Waals surface area contributed by atoms with Gasteiger partial charge in [-0.1, -0.05) is 24.3 Å². The van der Waals surface area contributed by atoms with Gasteiger partial charge in [-0.3, -0.25) is 4.98 Å². The molecule has 100 valence electrons. The molecule has 1 atom stereocenters. The van der Waals surface area contributed by atoms with Gasteiger partial charge in [0.05, 0.1) is 0 Å². The first-order valence-corrected chi connectivity index (χ1v) is 6.17. The predicted octanol–water partition coefficient (Wildman–Crippen LogP) is 3.87. The van der Waals surface area contributed by atoms with E-state index in [0.29, 0.717) is 6.54 Å². The van der Waals surface area contributed by atoms with Gasteiger partial charge in [0.15, 0.2) is 0 Å². The second kappa shape index (κ2) is 6.38. The van der Waals surface area contributed by atoms with E-state index in [2.05, 4.69) is 17.2 Å². The maximum absolute atomic E-state index is 12.4. The third-order valence-corrected chi connectivity index (χ3v) is 3.05. The van der Waals surface area contributed by atoms with E-state index in [4.69, 9.17) is 0 Å². The van der Waals surface area contributed by atoms with Crippen LogP contribution in [0.25, 0.3) is 0 Å². The van der Waals surface area contributed by atoms with Crippen LogP contribution in [0, 0.1) is 0 Å². The number of alkyl halides is 2. The molecule has 2 rings (SSSR count). The standard InChI is InChI=1S/C15H16F2N2/c1-11(13-6-8-18-9-7-13)19-10-12-2-4-14(5-3-12)15(16)17/h2-9,11,15,19H,10H2,1H3/t11-/m1/s1. The van der Waals surface area contributed by atoms with Crippen LogP contribution in [-0.4, -0.2) is 4.98 Å². The molecule has 0 fully saturated rings. The van der Waals surface area contributed by atoms with Gasteiger partial charge < -0.3 is 5.32 Å². The average molecular weight is 262 g/mol. The number of hydrogen-bond donors (Lipinski definition) is 1. The minimum Gasteiger partial charge on any atom is -0.306 e. The van der Waals surface area contributed by atoms with E-state index in [1.54, 1.807) is 24.5 Å². The van der Waals surface area contributed by atoms with Crippen molar-refractivity contribution in [1.82, 2.24) is 10.3 Å². The summed E-state index contributed by atoms with van der Waals surface area (Å²) in [5.41, 5.74) is 2.20. The van der Waals surface area contributed by atoms with Crippen molar-refractivity contribution in [2.75, 3.05) is 0 Å².